The fourth-order valence-corrected chi connectivity index (χ4v) is 3.82. The predicted molar refractivity (Wildman–Crippen MR) is 75.0 cm³/mol. The number of sulfonamides is 1. The number of nitrogens with zero attached hydrogens (tertiary/aromatic N) is 1. The molecule has 0 radical (unpaired) electrons. The van der Waals surface area contributed by atoms with Crippen molar-refractivity contribution in [3.05, 3.63) is 28.7 Å². The topological polar surface area (TPSA) is 49.4 Å². The molecule has 0 atom stereocenters. The van der Waals surface area contributed by atoms with Gasteiger partial charge in [-0.05, 0) is 50.2 Å². The SMILES string of the molecule is CN(C1CCNCC1)S(=O)(=O)c1ccc(Br)cc1. The van der Waals surface area contributed by atoms with E-state index in [4.69, 9.17) is 0 Å². The van der Waals surface area contributed by atoms with Crippen molar-refractivity contribution in [1.82, 2.24) is 9.62 Å². The summed E-state index contributed by atoms with van der Waals surface area (Å²) in [5, 5.41) is 3.24. The summed E-state index contributed by atoms with van der Waals surface area (Å²) in [6.45, 7) is 1.76. The quantitative estimate of drug-likeness (QED) is 0.918. The van der Waals surface area contributed by atoms with Crippen molar-refractivity contribution in [2.45, 2.75) is 23.8 Å². The molecule has 0 aliphatic carbocycles. The lowest BCUT2D eigenvalue weighted by Crippen LogP contribution is -2.43. The van der Waals surface area contributed by atoms with Crippen LogP contribution in [-0.2, 0) is 10.0 Å². The highest BCUT2D eigenvalue weighted by atomic mass is 79.9. The van der Waals surface area contributed by atoms with Crippen LogP contribution in [0.25, 0.3) is 0 Å². The fraction of sp³-hybridized carbons (Fsp3) is 0.500. The van der Waals surface area contributed by atoms with E-state index in [9.17, 15) is 8.42 Å². The number of halogens is 1. The summed E-state index contributed by atoms with van der Waals surface area (Å²) in [6.07, 6.45) is 1.73. The highest BCUT2D eigenvalue weighted by Gasteiger charge is 2.28. The van der Waals surface area contributed by atoms with E-state index in [1.54, 1.807) is 31.3 Å². The van der Waals surface area contributed by atoms with Crippen LogP contribution in [0.4, 0.5) is 0 Å². The van der Waals surface area contributed by atoms with Crippen LogP contribution in [0.2, 0.25) is 0 Å². The van der Waals surface area contributed by atoms with Gasteiger partial charge < -0.3 is 5.32 Å². The average Bonchev–Trinajstić information content (AvgIpc) is 2.39. The zero-order valence-electron chi connectivity index (χ0n) is 10.3. The standard InChI is InChI=1S/C12H17BrN2O2S/c1-15(11-6-8-14-9-7-11)18(16,17)12-4-2-10(13)3-5-12/h2-5,11,14H,6-9H2,1H3. The zero-order valence-corrected chi connectivity index (χ0v) is 12.7. The van der Waals surface area contributed by atoms with Gasteiger partial charge in [0.05, 0.1) is 4.90 Å². The molecule has 1 aromatic rings. The van der Waals surface area contributed by atoms with Gasteiger partial charge in [0.1, 0.15) is 0 Å². The van der Waals surface area contributed by atoms with Gasteiger partial charge in [0, 0.05) is 17.6 Å². The van der Waals surface area contributed by atoms with Crippen molar-refractivity contribution in [1.29, 1.82) is 0 Å². The highest BCUT2D eigenvalue weighted by molar-refractivity contribution is 9.10. The highest BCUT2D eigenvalue weighted by Crippen LogP contribution is 2.22. The first-order valence-electron chi connectivity index (χ1n) is 5.96. The Kier molecular flexibility index (Phi) is 4.42. The Morgan fingerprint density at radius 1 is 1.22 bits per heavy atom. The second kappa shape index (κ2) is 5.69. The molecule has 1 N–H and O–H groups in total. The molecule has 2 rings (SSSR count). The van der Waals surface area contributed by atoms with E-state index in [0.29, 0.717) is 4.90 Å². The molecule has 1 saturated heterocycles. The lowest BCUT2D eigenvalue weighted by Gasteiger charge is -2.30. The number of piperidine rings is 1. The third-order valence-electron chi connectivity index (χ3n) is 3.31. The van der Waals surface area contributed by atoms with Crippen LogP contribution in [-0.4, -0.2) is 38.9 Å². The first-order valence-corrected chi connectivity index (χ1v) is 8.19. The maximum atomic E-state index is 12.4. The van der Waals surface area contributed by atoms with Crippen molar-refractivity contribution in [2.24, 2.45) is 0 Å². The van der Waals surface area contributed by atoms with Crippen molar-refractivity contribution in [3.63, 3.8) is 0 Å². The zero-order chi connectivity index (χ0) is 13.2. The molecule has 6 heteroatoms. The van der Waals surface area contributed by atoms with E-state index in [2.05, 4.69) is 21.2 Å². The first kappa shape index (κ1) is 14.0. The van der Waals surface area contributed by atoms with E-state index >= 15 is 0 Å². The second-order valence-electron chi connectivity index (χ2n) is 4.46. The Bertz CT molecular complexity index is 495. The molecule has 0 amide bonds. The van der Waals surface area contributed by atoms with Crippen LogP contribution in [0.15, 0.2) is 33.6 Å². The molecule has 0 unspecified atom stereocenters. The molecule has 1 aromatic carbocycles. The summed E-state index contributed by atoms with van der Waals surface area (Å²) in [7, 11) is -1.70. The minimum absolute atomic E-state index is 0.0971. The van der Waals surface area contributed by atoms with Gasteiger partial charge in [-0.15, -0.1) is 0 Å². The summed E-state index contributed by atoms with van der Waals surface area (Å²) in [4.78, 5) is 0.353. The van der Waals surface area contributed by atoms with Gasteiger partial charge in [-0.2, -0.15) is 4.31 Å². The minimum atomic E-state index is -3.37. The molecule has 0 saturated carbocycles. The molecule has 1 heterocycles. The lowest BCUT2D eigenvalue weighted by atomic mass is 10.1. The number of benzene rings is 1. The molecular formula is C12H17BrN2O2S. The molecular weight excluding hydrogens is 316 g/mol. The third-order valence-corrected chi connectivity index (χ3v) is 5.77. The largest absolute Gasteiger partial charge is 0.317 e. The fourth-order valence-electron chi connectivity index (χ4n) is 2.14. The van der Waals surface area contributed by atoms with E-state index in [1.807, 2.05) is 0 Å². The number of hydrogen-bond acceptors (Lipinski definition) is 3. The maximum absolute atomic E-state index is 12.4. The number of nitrogens with one attached hydrogen (secondary N) is 1. The second-order valence-corrected chi connectivity index (χ2v) is 7.37. The lowest BCUT2D eigenvalue weighted by molar-refractivity contribution is 0.296. The number of rotatable bonds is 3. The van der Waals surface area contributed by atoms with Crippen LogP contribution in [0.1, 0.15) is 12.8 Å². The summed E-state index contributed by atoms with van der Waals surface area (Å²) >= 11 is 3.31. The minimum Gasteiger partial charge on any atom is -0.317 e. The van der Waals surface area contributed by atoms with Crippen molar-refractivity contribution in [3.8, 4) is 0 Å². The molecule has 4 nitrogen and oxygen atoms in total. The van der Waals surface area contributed by atoms with E-state index in [0.717, 1.165) is 30.4 Å². The molecule has 1 aliphatic rings. The molecule has 1 aliphatic heterocycles. The molecule has 1 fully saturated rings. The van der Waals surface area contributed by atoms with Gasteiger partial charge in [-0.25, -0.2) is 8.42 Å². The van der Waals surface area contributed by atoms with Gasteiger partial charge >= 0.3 is 0 Å². The van der Waals surface area contributed by atoms with Gasteiger partial charge in [-0.3, -0.25) is 0 Å². The van der Waals surface area contributed by atoms with Gasteiger partial charge in [0.2, 0.25) is 10.0 Å². The normalized spacial score (nSPS) is 18.2. The van der Waals surface area contributed by atoms with Gasteiger partial charge in [0.25, 0.3) is 0 Å². The molecule has 0 aromatic heterocycles. The molecule has 0 spiro atoms. The summed E-state index contributed by atoms with van der Waals surface area (Å²) in [5.41, 5.74) is 0. The third kappa shape index (κ3) is 2.93. The Morgan fingerprint density at radius 2 is 1.78 bits per heavy atom. The van der Waals surface area contributed by atoms with Crippen LogP contribution in [0.5, 0.6) is 0 Å². The van der Waals surface area contributed by atoms with Crippen molar-refractivity contribution < 1.29 is 8.42 Å². The molecule has 100 valence electrons. The van der Waals surface area contributed by atoms with E-state index in [1.165, 1.54) is 4.31 Å². The summed E-state index contributed by atoms with van der Waals surface area (Å²) < 4.78 is 27.3. The maximum Gasteiger partial charge on any atom is 0.243 e. The van der Waals surface area contributed by atoms with Crippen LogP contribution < -0.4 is 5.32 Å². The molecule has 18 heavy (non-hydrogen) atoms. The van der Waals surface area contributed by atoms with Gasteiger partial charge in [-0.1, -0.05) is 15.9 Å². The Labute approximate surface area is 117 Å². The van der Waals surface area contributed by atoms with E-state index < -0.39 is 10.0 Å². The van der Waals surface area contributed by atoms with Gasteiger partial charge in [0.15, 0.2) is 0 Å². The smallest absolute Gasteiger partial charge is 0.243 e. The number of hydrogen-bond donors (Lipinski definition) is 1. The van der Waals surface area contributed by atoms with Crippen LogP contribution >= 0.6 is 15.9 Å². The van der Waals surface area contributed by atoms with Crippen LogP contribution in [0.3, 0.4) is 0 Å². The molecule has 0 bridgehead atoms. The van der Waals surface area contributed by atoms with E-state index in [-0.39, 0.29) is 6.04 Å². The Morgan fingerprint density at radius 3 is 2.33 bits per heavy atom. The van der Waals surface area contributed by atoms with Crippen molar-refractivity contribution >= 4 is 26.0 Å². The average molecular weight is 333 g/mol. The van der Waals surface area contributed by atoms with Crippen LogP contribution in [0, 0.1) is 0 Å². The first-order chi connectivity index (χ1) is 8.51. The van der Waals surface area contributed by atoms with Crippen molar-refractivity contribution in [2.75, 3.05) is 20.1 Å². The Hall–Kier alpha value is -0.430. The summed E-state index contributed by atoms with van der Waals surface area (Å²) in [5.74, 6) is 0. The monoisotopic (exact) mass is 332 g/mol. The Balaban J connectivity index is 2.21. The predicted octanol–water partition coefficient (Wildman–Crippen LogP) is 1.82. The summed E-state index contributed by atoms with van der Waals surface area (Å²) in [6, 6.07) is 6.88.